The van der Waals surface area contributed by atoms with Gasteiger partial charge >= 0.3 is 5.97 Å². The van der Waals surface area contributed by atoms with E-state index in [2.05, 4.69) is 13.8 Å². The van der Waals surface area contributed by atoms with Crippen LogP contribution in [0.25, 0.3) is 0 Å². The van der Waals surface area contributed by atoms with Crippen LogP contribution in [0, 0.1) is 0 Å². The van der Waals surface area contributed by atoms with E-state index in [1.807, 2.05) is 36.2 Å². The molecule has 0 aromatic heterocycles. The van der Waals surface area contributed by atoms with Crippen molar-refractivity contribution in [1.82, 2.24) is 4.90 Å². The Morgan fingerprint density at radius 1 is 1.28 bits per heavy atom. The molecule has 0 heterocycles. The van der Waals surface area contributed by atoms with Gasteiger partial charge in [0.25, 0.3) is 0 Å². The van der Waals surface area contributed by atoms with Crippen molar-refractivity contribution in [2.75, 3.05) is 13.6 Å². The Morgan fingerprint density at radius 3 is 2.33 bits per heavy atom. The van der Waals surface area contributed by atoms with Gasteiger partial charge in [0.2, 0.25) is 0 Å². The molecular weight excluding hydrogens is 226 g/mol. The smallest absolute Gasteiger partial charge is 0.325 e. The van der Waals surface area contributed by atoms with E-state index in [4.69, 9.17) is 0 Å². The normalized spacial score (nSPS) is 12.7. The van der Waals surface area contributed by atoms with Gasteiger partial charge in [0, 0.05) is 0 Å². The molecule has 0 aliphatic heterocycles. The zero-order chi connectivity index (χ0) is 13.5. The van der Waals surface area contributed by atoms with Gasteiger partial charge in [0.15, 0.2) is 0 Å². The molecule has 0 bridgehead atoms. The summed E-state index contributed by atoms with van der Waals surface area (Å²) in [4.78, 5) is 13.3. The van der Waals surface area contributed by atoms with Gasteiger partial charge in [-0.3, -0.25) is 9.69 Å². The summed E-state index contributed by atoms with van der Waals surface area (Å²) in [5.74, 6) is -0.780. The average molecular weight is 249 g/mol. The van der Waals surface area contributed by atoms with Crippen molar-refractivity contribution in [3.05, 3.63) is 35.4 Å². The molecule has 0 spiro atoms. The Labute approximate surface area is 109 Å². The van der Waals surface area contributed by atoms with Crippen molar-refractivity contribution >= 4 is 5.97 Å². The number of carbonyl (C=O) groups is 1. The Hall–Kier alpha value is -1.35. The summed E-state index contributed by atoms with van der Waals surface area (Å²) >= 11 is 0. The first-order valence-corrected chi connectivity index (χ1v) is 6.62. The molecule has 3 heteroatoms. The molecule has 1 N–H and O–H groups in total. The summed E-state index contributed by atoms with van der Waals surface area (Å²) < 4.78 is 0. The lowest BCUT2D eigenvalue weighted by Gasteiger charge is -2.24. The number of unbranched alkanes of at least 4 members (excludes halogenated alkanes) is 1. The number of aliphatic carboxylic acids is 1. The van der Waals surface area contributed by atoms with E-state index in [-0.39, 0.29) is 0 Å². The van der Waals surface area contributed by atoms with Crippen LogP contribution in [0.4, 0.5) is 0 Å². The SMILES string of the molecule is CCCCN(C)C(C(=O)O)c1ccc(CC)cc1. The number of hydrogen-bond acceptors (Lipinski definition) is 2. The van der Waals surface area contributed by atoms with E-state index in [0.29, 0.717) is 0 Å². The van der Waals surface area contributed by atoms with E-state index in [0.717, 1.165) is 31.4 Å². The minimum atomic E-state index is -0.780. The third kappa shape index (κ3) is 3.84. The first-order valence-electron chi connectivity index (χ1n) is 6.62. The maximum Gasteiger partial charge on any atom is 0.325 e. The highest BCUT2D eigenvalue weighted by molar-refractivity contribution is 5.75. The second kappa shape index (κ2) is 7.17. The summed E-state index contributed by atoms with van der Waals surface area (Å²) in [6.45, 7) is 5.01. The third-order valence-corrected chi connectivity index (χ3v) is 3.24. The molecule has 18 heavy (non-hydrogen) atoms. The minimum Gasteiger partial charge on any atom is -0.480 e. The van der Waals surface area contributed by atoms with Gasteiger partial charge < -0.3 is 5.11 Å². The van der Waals surface area contributed by atoms with Crippen molar-refractivity contribution in [2.24, 2.45) is 0 Å². The summed E-state index contributed by atoms with van der Waals surface area (Å²) in [5, 5.41) is 9.38. The van der Waals surface area contributed by atoms with Crippen LogP contribution in [-0.4, -0.2) is 29.6 Å². The first kappa shape index (κ1) is 14.7. The Bertz CT molecular complexity index is 373. The maximum atomic E-state index is 11.4. The maximum absolute atomic E-state index is 11.4. The number of likely N-dealkylation sites (N-methyl/N-ethyl adjacent to an activating group) is 1. The fourth-order valence-corrected chi connectivity index (χ4v) is 2.06. The summed E-state index contributed by atoms with van der Waals surface area (Å²) in [6, 6.07) is 7.35. The lowest BCUT2D eigenvalue weighted by atomic mass is 10.0. The van der Waals surface area contributed by atoms with Crippen LogP contribution in [0.2, 0.25) is 0 Å². The quantitative estimate of drug-likeness (QED) is 0.807. The Balaban J connectivity index is 2.86. The number of carboxylic acids is 1. The predicted octanol–water partition coefficient (Wildman–Crippen LogP) is 3.11. The number of benzene rings is 1. The van der Waals surface area contributed by atoms with E-state index < -0.39 is 12.0 Å². The molecule has 0 amide bonds. The van der Waals surface area contributed by atoms with Gasteiger partial charge in [-0.25, -0.2) is 0 Å². The number of carboxylic acid groups (broad SMARTS) is 1. The van der Waals surface area contributed by atoms with Gasteiger partial charge in [0.1, 0.15) is 6.04 Å². The first-order chi connectivity index (χ1) is 8.60. The highest BCUT2D eigenvalue weighted by atomic mass is 16.4. The van der Waals surface area contributed by atoms with Crippen LogP contribution < -0.4 is 0 Å². The van der Waals surface area contributed by atoms with Crippen molar-refractivity contribution in [1.29, 1.82) is 0 Å². The summed E-state index contributed by atoms with van der Waals surface area (Å²) in [7, 11) is 1.88. The largest absolute Gasteiger partial charge is 0.480 e. The average Bonchev–Trinajstić information content (AvgIpc) is 2.37. The summed E-state index contributed by atoms with van der Waals surface area (Å²) in [6.07, 6.45) is 3.07. The van der Waals surface area contributed by atoms with Crippen molar-refractivity contribution in [3.63, 3.8) is 0 Å². The van der Waals surface area contributed by atoms with Crippen molar-refractivity contribution in [3.8, 4) is 0 Å². The van der Waals surface area contributed by atoms with Crippen molar-refractivity contribution in [2.45, 2.75) is 39.2 Å². The number of rotatable bonds is 7. The Morgan fingerprint density at radius 2 is 1.89 bits per heavy atom. The van der Waals surface area contributed by atoms with Crippen LogP contribution in [0.5, 0.6) is 0 Å². The van der Waals surface area contributed by atoms with Gasteiger partial charge in [0.05, 0.1) is 0 Å². The van der Waals surface area contributed by atoms with Crippen LogP contribution in [0.3, 0.4) is 0 Å². The third-order valence-electron chi connectivity index (χ3n) is 3.24. The summed E-state index contributed by atoms with van der Waals surface area (Å²) in [5.41, 5.74) is 2.09. The van der Waals surface area contributed by atoms with Gasteiger partial charge in [-0.15, -0.1) is 0 Å². The lowest BCUT2D eigenvalue weighted by molar-refractivity contribution is -0.143. The van der Waals surface area contributed by atoms with E-state index in [1.54, 1.807) is 0 Å². The van der Waals surface area contributed by atoms with E-state index in [9.17, 15) is 9.90 Å². The molecule has 1 rings (SSSR count). The molecule has 0 saturated carbocycles. The molecule has 3 nitrogen and oxygen atoms in total. The topological polar surface area (TPSA) is 40.5 Å². The van der Waals surface area contributed by atoms with E-state index in [1.165, 1.54) is 5.56 Å². The van der Waals surface area contributed by atoms with Crippen LogP contribution in [0.15, 0.2) is 24.3 Å². The van der Waals surface area contributed by atoms with Crippen LogP contribution in [0.1, 0.15) is 43.9 Å². The van der Waals surface area contributed by atoms with E-state index >= 15 is 0 Å². The molecule has 0 aliphatic rings. The predicted molar refractivity (Wildman–Crippen MR) is 73.7 cm³/mol. The van der Waals surface area contributed by atoms with Crippen LogP contribution >= 0.6 is 0 Å². The van der Waals surface area contributed by atoms with Gasteiger partial charge in [-0.1, -0.05) is 44.5 Å². The van der Waals surface area contributed by atoms with Crippen LogP contribution in [-0.2, 0) is 11.2 Å². The molecule has 0 saturated heterocycles. The monoisotopic (exact) mass is 249 g/mol. The van der Waals surface area contributed by atoms with Gasteiger partial charge in [-0.2, -0.15) is 0 Å². The zero-order valence-electron chi connectivity index (χ0n) is 11.5. The number of nitrogens with zero attached hydrogens (tertiary/aromatic N) is 1. The fraction of sp³-hybridized carbons (Fsp3) is 0.533. The second-order valence-corrected chi connectivity index (χ2v) is 4.67. The standard InChI is InChI=1S/C15H23NO2/c1-4-6-11-16(3)14(15(17)18)13-9-7-12(5-2)8-10-13/h7-10,14H,4-6,11H2,1-3H3,(H,17,18). The second-order valence-electron chi connectivity index (χ2n) is 4.67. The zero-order valence-corrected chi connectivity index (χ0v) is 11.5. The molecule has 1 aromatic carbocycles. The minimum absolute atomic E-state index is 0.539. The van der Waals surface area contributed by atoms with Gasteiger partial charge in [-0.05, 0) is 37.6 Å². The molecule has 0 aliphatic carbocycles. The fourth-order valence-electron chi connectivity index (χ4n) is 2.06. The molecule has 100 valence electrons. The molecule has 1 aromatic rings. The molecular formula is C15H23NO2. The molecule has 1 unspecified atom stereocenters. The highest BCUT2D eigenvalue weighted by Gasteiger charge is 2.23. The molecule has 0 fully saturated rings. The van der Waals surface area contributed by atoms with Crippen molar-refractivity contribution < 1.29 is 9.90 Å². The Kier molecular flexibility index (Phi) is 5.86. The highest BCUT2D eigenvalue weighted by Crippen LogP contribution is 2.21. The molecule has 1 atom stereocenters. The lowest BCUT2D eigenvalue weighted by Crippen LogP contribution is -2.31. The number of aryl methyl sites for hydroxylation is 1. The molecule has 0 radical (unpaired) electrons. The number of hydrogen-bond donors (Lipinski definition) is 1.